The summed E-state index contributed by atoms with van der Waals surface area (Å²) < 4.78 is 5.91. The Bertz CT molecular complexity index is 629. The number of rotatable bonds is 6. The number of aromatic nitrogens is 1. The maximum absolute atomic E-state index is 9.64. The van der Waals surface area contributed by atoms with Crippen molar-refractivity contribution in [1.29, 1.82) is 0 Å². The van der Waals surface area contributed by atoms with Gasteiger partial charge in [0.1, 0.15) is 5.76 Å². The number of anilines is 1. The molecule has 2 heterocycles. The van der Waals surface area contributed by atoms with E-state index in [1.165, 1.54) is 25.1 Å². The summed E-state index contributed by atoms with van der Waals surface area (Å²) in [7, 11) is 0. The molecule has 1 aromatic heterocycles. The first kappa shape index (κ1) is 21.2. The third kappa shape index (κ3) is 6.23. The number of nitrogens with one attached hydrogen (secondary N) is 1. The molecule has 1 aliphatic heterocycles. The fourth-order valence-corrected chi connectivity index (χ4v) is 3.80. The summed E-state index contributed by atoms with van der Waals surface area (Å²) in [4.78, 5) is 26.5. The zero-order valence-corrected chi connectivity index (χ0v) is 16.4. The molecule has 0 aromatic carbocycles. The number of aliphatic carboxylic acids is 2. The molecule has 1 fully saturated rings. The number of hydrogen-bond acceptors (Lipinski definition) is 6. The van der Waals surface area contributed by atoms with Crippen LogP contribution in [0.4, 0.5) is 6.01 Å². The molecule has 8 heteroatoms. The largest absolute Gasteiger partial charge is 0.481 e. The van der Waals surface area contributed by atoms with Crippen LogP contribution in [0.15, 0.2) is 4.42 Å². The molecule has 2 aliphatic rings. The molecule has 0 bridgehead atoms. The highest BCUT2D eigenvalue weighted by Crippen LogP contribution is 2.35. The highest BCUT2D eigenvalue weighted by molar-refractivity contribution is 5.75. The van der Waals surface area contributed by atoms with Crippen molar-refractivity contribution in [3.05, 3.63) is 11.5 Å². The quantitative estimate of drug-likeness (QED) is 0.689. The fourth-order valence-electron chi connectivity index (χ4n) is 3.80. The van der Waals surface area contributed by atoms with Gasteiger partial charge < -0.3 is 19.9 Å². The highest BCUT2D eigenvalue weighted by Gasteiger charge is 2.37. The van der Waals surface area contributed by atoms with Gasteiger partial charge >= 0.3 is 11.9 Å². The van der Waals surface area contributed by atoms with Gasteiger partial charge in [0.05, 0.1) is 18.5 Å². The summed E-state index contributed by atoms with van der Waals surface area (Å²) in [5.41, 5.74) is 1.20. The SMILES string of the molecule is CCN1CCC[C@@H]2Cc3nc(NC(C)C)oc3C[C@H]21.O=C(O)CCC(=O)O. The Kier molecular flexibility index (Phi) is 7.65. The third-order valence-electron chi connectivity index (χ3n) is 5.03. The third-order valence-corrected chi connectivity index (χ3v) is 5.03. The van der Waals surface area contributed by atoms with Crippen molar-refractivity contribution in [2.45, 2.75) is 71.4 Å². The molecule has 8 nitrogen and oxygen atoms in total. The monoisotopic (exact) mass is 381 g/mol. The minimum atomic E-state index is -1.08. The second kappa shape index (κ2) is 9.73. The van der Waals surface area contributed by atoms with Crippen molar-refractivity contribution in [3.8, 4) is 0 Å². The van der Waals surface area contributed by atoms with Crippen molar-refractivity contribution in [2.75, 3.05) is 18.4 Å². The number of carboxylic acid groups (broad SMARTS) is 2. The van der Waals surface area contributed by atoms with Crippen LogP contribution in [-0.4, -0.2) is 57.2 Å². The van der Waals surface area contributed by atoms with E-state index in [0.29, 0.717) is 18.1 Å². The summed E-state index contributed by atoms with van der Waals surface area (Å²) in [6.07, 6.45) is 4.23. The summed E-state index contributed by atoms with van der Waals surface area (Å²) in [5, 5.41) is 19.1. The number of hydrogen-bond donors (Lipinski definition) is 3. The van der Waals surface area contributed by atoms with E-state index in [2.05, 4.69) is 36.0 Å². The summed E-state index contributed by atoms with van der Waals surface area (Å²) in [6, 6.07) is 1.75. The molecular weight excluding hydrogens is 350 g/mol. The number of carbonyl (C=O) groups is 2. The van der Waals surface area contributed by atoms with Gasteiger partial charge in [-0.1, -0.05) is 6.92 Å². The summed E-state index contributed by atoms with van der Waals surface area (Å²) >= 11 is 0. The molecule has 152 valence electrons. The van der Waals surface area contributed by atoms with Crippen LogP contribution in [0.25, 0.3) is 0 Å². The Balaban J connectivity index is 0.000000279. The lowest BCUT2D eigenvalue weighted by Crippen LogP contribution is -2.48. The van der Waals surface area contributed by atoms with Gasteiger partial charge in [0.2, 0.25) is 0 Å². The zero-order valence-electron chi connectivity index (χ0n) is 16.4. The Hall–Kier alpha value is -2.09. The lowest BCUT2D eigenvalue weighted by molar-refractivity contribution is -0.143. The number of carboxylic acids is 2. The first-order valence-electron chi connectivity index (χ1n) is 9.72. The number of oxazole rings is 1. The van der Waals surface area contributed by atoms with Gasteiger partial charge in [-0.05, 0) is 52.1 Å². The molecular formula is C19H31N3O5. The standard InChI is InChI=1S/C15H25N3O.C4H6O4/c1-4-18-7-5-6-11-8-12-14(9-13(11)18)19-15(17-12)16-10(2)3;5-3(6)1-2-4(7)8/h10-11,13H,4-9H2,1-3H3,(H,16,17);1-2H2,(H,5,6)(H,7,8)/t11-,13-;/m1./s1. The second-order valence-electron chi connectivity index (χ2n) is 7.48. The predicted molar refractivity (Wildman–Crippen MR) is 101 cm³/mol. The van der Waals surface area contributed by atoms with Gasteiger partial charge in [-0.15, -0.1) is 0 Å². The summed E-state index contributed by atoms with van der Waals surface area (Å²) in [6.45, 7) is 8.90. The van der Waals surface area contributed by atoms with Crippen LogP contribution < -0.4 is 5.32 Å². The van der Waals surface area contributed by atoms with Gasteiger partial charge in [-0.3, -0.25) is 14.5 Å². The van der Waals surface area contributed by atoms with Gasteiger partial charge in [0, 0.05) is 18.5 Å². The van der Waals surface area contributed by atoms with Crippen LogP contribution >= 0.6 is 0 Å². The van der Waals surface area contributed by atoms with E-state index in [9.17, 15) is 9.59 Å². The normalized spacial score (nSPS) is 21.6. The van der Waals surface area contributed by atoms with Crippen LogP contribution in [0, 0.1) is 5.92 Å². The Morgan fingerprint density at radius 3 is 2.48 bits per heavy atom. The maximum atomic E-state index is 9.64. The molecule has 0 amide bonds. The average molecular weight is 381 g/mol. The molecule has 1 saturated heterocycles. The van der Waals surface area contributed by atoms with E-state index in [1.54, 1.807) is 0 Å². The molecule has 1 aromatic rings. The van der Waals surface area contributed by atoms with Crippen LogP contribution in [0.1, 0.15) is 57.9 Å². The number of fused-ring (bicyclic) bond motifs is 2. The van der Waals surface area contributed by atoms with Crippen LogP contribution in [0.5, 0.6) is 0 Å². The Morgan fingerprint density at radius 2 is 1.93 bits per heavy atom. The molecule has 2 atom stereocenters. The predicted octanol–water partition coefficient (Wildman–Crippen LogP) is 2.63. The van der Waals surface area contributed by atoms with Gasteiger partial charge in [0.25, 0.3) is 6.01 Å². The van der Waals surface area contributed by atoms with Crippen molar-refractivity contribution < 1.29 is 24.2 Å². The van der Waals surface area contributed by atoms with Crippen molar-refractivity contribution >= 4 is 18.0 Å². The van der Waals surface area contributed by atoms with Gasteiger partial charge in [0.15, 0.2) is 0 Å². The molecule has 3 N–H and O–H groups in total. The molecule has 0 unspecified atom stereocenters. The number of piperidine rings is 1. The van der Waals surface area contributed by atoms with Crippen LogP contribution in [0.3, 0.4) is 0 Å². The molecule has 27 heavy (non-hydrogen) atoms. The second-order valence-corrected chi connectivity index (χ2v) is 7.48. The van der Waals surface area contributed by atoms with E-state index >= 15 is 0 Å². The first-order chi connectivity index (χ1) is 12.8. The molecule has 0 spiro atoms. The Morgan fingerprint density at radius 1 is 1.26 bits per heavy atom. The van der Waals surface area contributed by atoms with E-state index in [1.807, 2.05) is 0 Å². The van der Waals surface area contributed by atoms with E-state index < -0.39 is 11.9 Å². The lowest BCUT2D eigenvalue weighted by Gasteiger charge is -2.42. The average Bonchev–Trinajstić information content (AvgIpc) is 2.98. The Labute approximate surface area is 159 Å². The van der Waals surface area contributed by atoms with Crippen molar-refractivity contribution in [2.24, 2.45) is 5.92 Å². The van der Waals surface area contributed by atoms with Crippen LogP contribution in [0.2, 0.25) is 0 Å². The van der Waals surface area contributed by atoms with E-state index in [0.717, 1.165) is 31.1 Å². The molecule has 1 aliphatic carbocycles. The topological polar surface area (TPSA) is 116 Å². The van der Waals surface area contributed by atoms with Gasteiger partial charge in [-0.25, -0.2) is 0 Å². The maximum Gasteiger partial charge on any atom is 0.303 e. The van der Waals surface area contributed by atoms with Crippen molar-refractivity contribution in [1.82, 2.24) is 9.88 Å². The van der Waals surface area contributed by atoms with E-state index in [-0.39, 0.29) is 12.8 Å². The molecule has 0 radical (unpaired) electrons. The highest BCUT2D eigenvalue weighted by atomic mass is 16.4. The van der Waals surface area contributed by atoms with E-state index in [4.69, 9.17) is 14.6 Å². The molecule has 3 rings (SSSR count). The summed E-state index contributed by atoms with van der Waals surface area (Å²) in [5.74, 6) is -0.261. The zero-order chi connectivity index (χ0) is 20.0. The molecule has 0 saturated carbocycles. The van der Waals surface area contributed by atoms with Gasteiger partial charge in [-0.2, -0.15) is 4.98 Å². The minimum Gasteiger partial charge on any atom is -0.481 e. The first-order valence-corrected chi connectivity index (χ1v) is 9.72. The minimum absolute atomic E-state index is 0.296. The van der Waals surface area contributed by atoms with Crippen LogP contribution in [-0.2, 0) is 22.4 Å². The fraction of sp³-hybridized carbons (Fsp3) is 0.737. The number of likely N-dealkylation sites (N-methyl/N-ethyl adjacent to an activating group) is 1. The smallest absolute Gasteiger partial charge is 0.303 e. The van der Waals surface area contributed by atoms with Crippen molar-refractivity contribution in [3.63, 3.8) is 0 Å². The number of nitrogens with zero attached hydrogens (tertiary/aromatic N) is 2. The lowest BCUT2D eigenvalue weighted by atomic mass is 9.79. The number of likely N-dealkylation sites (tertiary alicyclic amines) is 1.